The van der Waals surface area contributed by atoms with E-state index in [2.05, 4.69) is 31.0 Å². The Balaban J connectivity index is 2.05. The summed E-state index contributed by atoms with van der Waals surface area (Å²) in [5.74, 6) is 0. The molecule has 1 rings (SSSR count). The molecule has 0 aliphatic heterocycles. The minimum Gasteiger partial charge on any atom is -0.314 e. The van der Waals surface area contributed by atoms with Gasteiger partial charge in [-0.15, -0.1) is 0 Å². The number of hydrogen-bond donors (Lipinski definition) is 1. The molecule has 1 N–H and O–H groups in total. The zero-order chi connectivity index (χ0) is 11.8. The van der Waals surface area contributed by atoms with E-state index in [0.717, 1.165) is 12.1 Å². The van der Waals surface area contributed by atoms with Gasteiger partial charge in [0.2, 0.25) is 0 Å². The summed E-state index contributed by atoms with van der Waals surface area (Å²) in [5, 5.41) is 3.60. The lowest BCUT2D eigenvalue weighted by molar-refractivity contribution is 0.197. The third-order valence-electron chi connectivity index (χ3n) is 3.45. The number of rotatable bonds is 10. The van der Waals surface area contributed by atoms with E-state index < -0.39 is 0 Å². The average Bonchev–Trinajstić information content (AvgIpc) is 3.07. The largest absolute Gasteiger partial charge is 0.314 e. The average molecular weight is 226 g/mol. The fourth-order valence-electron chi connectivity index (χ4n) is 2.30. The Labute approximate surface area is 102 Å². The molecule has 1 aliphatic carbocycles. The monoisotopic (exact) mass is 226 g/mol. The molecule has 0 aromatic carbocycles. The van der Waals surface area contributed by atoms with Crippen molar-refractivity contribution in [2.45, 2.75) is 71.4 Å². The Morgan fingerprint density at radius 1 is 1.19 bits per heavy atom. The highest BCUT2D eigenvalue weighted by molar-refractivity contribution is 4.80. The first-order chi connectivity index (χ1) is 7.77. The van der Waals surface area contributed by atoms with Crippen molar-refractivity contribution in [1.29, 1.82) is 0 Å². The second-order valence-corrected chi connectivity index (χ2v) is 5.26. The van der Waals surface area contributed by atoms with Gasteiger partial charge in [0.15, 0.2) is 0 Å². The van der Waals surface area contributed by atoms with Gasteiger partial charge in [-0.2, -0.15) is 0 Å². The predicted molar refractivity (Wildman–Crippen MR) is 71.9 cm³/mol. The SMILES string of the molecule is CCCN(CCC)C(C)CCCNC1CC1. The van der Waals surface area contributed by atoms with Crippen molar-refractivity contribution in [2.75, 3.05) is 19.6 Å². The van der Waals surface area contributed by atoms with Gasteiger partial charge < -0.3 is 10.2 Å². The first-order valence-corrected chi connectivity index (χ1v) is 7.25. The van der Waals surface area contributed by atoms with Crippen molar-refractivity contribution in [1.82, 2.24) is 10.2 Å². The van der Waals surface area contributed by atoms with Crippen molar-refractivity contribution in [3.05, 3.63) is 0 Å². The molecular weight excluding hydrogens is 196 g/mol. The highest BCUT2D eigenvalue weighted by Gasteiger charge is 2.19. The van der Waals surface area contributed by atoms with Crippen molar-refractivity contribution < 1.29 is 0 Å². The summed E-state index contributed by atoms with van der Waals surface area (Å²) in [5.41, 5.74) is 0. The van der Waals surface area contributed by atoms with Crippen LogP contribution in [0.1, 0.15) is 59.3 Å². The van der Waals surface area contributed by atoms with E-state index >= 15 is 0 Å². The van der Waals surface area contributed by atoms with Crippen molar-refractivity contribution in [2.24, 2.45) is 0 Å². The second-order valence-electron chi connectivity index (χ2n) is 5.26. The van der Waals surface area contributed by atoms with Crippen LogP contribution in [0.5, 0.6) is 0 Å². The van der Waals surface area contributed by atoms with Gasteiger partial charge >= 0.3 is 0 Å². The smallest absolute Gasteiger partial charge is 0.00682 e. The fraction of sp³-hybridized carbons (Fsp3) is 1.00. The third-order valence-corrected chi connectivity index (χ3v) is 3.45. The van der Waals surface area contributed by atoms with Crippen LogP contribution >= 0.6 is 0 Å². The first-order valence-electron chi connectivity index (χ1n) is 7.25. The zero-order valence-corrected chi connectivity index (χ0v) is 11.5. The molecule has 1 atom stereocenters. The molecule has 96 valence electrons. The number of hydrogen-bond acceptors (Lipinski definition) is 2. The van der Waals surface area contributed by atoms with Crippen LogP contribution in [-0.4, -0.2) is 36.6 Å². The molecule has 0 spiro atoms. The Morgan fingerprint density at radius 2 is 1.81 bits per heavy atom. The summed E-state index contributed by atoms with van der Waals surface area (Å²) in [6.07, 6.45) is 8.07. The van der Waals surface area contributed by atoms with Crippen LogP contribution in [-0.2, 0) is 0 Å². The maximum absolute atomic E-state index is 3.60. The lowest BCUT2D eigenvalue weighted by atomic mass is 10.1. The lowest BCUT2D eigenvalue weighted by Gasteiger charge is -2.28. The Bertz CT molecular complexity index is 160. The van der Waals surface area contributed by atoms with Crippen molar-refractivity contribution >= 4 is 0 Å². The molecule has 2 heteroatoms. The van der Waals surface area contributed by atoms with Crippen LogP contribution in [0.4, 0.5) is 0 Å². The van der Waals surface area contributed by atoms with E-state index in [4.69, 9.17) is 0 Å². The van der Waals surface area contributed by atoms with Gasteiger partial charge in [0.25, 0.3) is 0 Å². The van der Waals surface area contributed by atoms with Crippen LogP contribution in [0, 0.1) is 0 Å². The zero-order valence-electron chi connectivity index (χ0n) is 11.5. The Hall–Kier alpha value is -0.0800. The maximum atomic E-state index is 3.60. The van der Waals surface area contributed by atoms with Gasteiger partial charge in [-0.25, -0.2) is 0 Å². The van der Waals surface area contributed by atoms with Gasteiger partial charge in [-0.1, -0.05) is 13.8 Å². The molecule has 1 aliphatic rings. The molecule has 0 bridgehead atoms. The molecule has 0 aromatic heterocycles. The maximum Gasteiger partial charge on any atom is 0.00682 e. The van der Waals surface area contributed by atoms with Crippen LogP contribution in [0.25, 0.3) is 0 Å². The molecule has 0 saturated heterocycles. The van der Waals surface area contributed by atoms with Gasteiger partial charge in [-0.3, -0.25) is 0 Å². The normalized spacial score (nSPS) is 18.0. The van der Waals surface area contributed by atoms with Crippen LogP contribution in [0.2, 0.25) is 0 Å². The summed E-state index contributed by atoms with van der Waals surface area (Å²) >= 11 is 0. The van der Waals surface area contributed by atoms with E-state index in [1.54, 1.807) is 0 Å². The molecule has 0 aromatic rings. The van der Waals surface area contributed by atoms with E-state index in [-0.39, 0.29) is 0 Å². The summed E-state index contributed by atoms with van der Waals surface area (Å²) in [4.78, 5) is 2.65. The molecule has 2 nitrogen and oxygen atoms in total. The third kappa shape index (κ3) is 5.86. The van der Waals surface area contributed by atoms with E-state index in [1.165, 1.54) is 58.2 Å². The van der Waals surface area contributed by atoms with Crippen LogP contribution in [0.3, 0.4) is 0 Å². The molecule has 1 fully saturated rings. The topological polar surface area (TPSA) is 15.3 Å². The lowest BCUT2D eigenvalue weighted by Crippen LogP contribution is -2.35. The first kappa shape index (κ1) is 14.0. The molecule has 0 radical (unpaired) electrons. The fourth-order valence-corrected chi connectivity index (χ4v) is 2.30. The minimum atomic E-state index is 0.765. The predicted octanol–water partition coefficient (Wildman–Crippen LogP) is 3.03. The second kappa shape index (κ2) is 8.08. The molecule has 1 saturated carbocycles. The Kier molecular flexibility index (Phi) is 7.06. The van der Waals surface area contributed by atoms with Gasteiger partial charge in [0, 0.05) is 12.1 Å². The van der Waals surface area contributed by atoms with E-state index in [9.17, 15) is 0 Å². The standard InChI is InChI=1S/C14H30N2/c1-4-11-16(12-5-2)13(3)7-6-10-15-14-8-9-14/h13-15H,4-12H2,1-3H3. The molecular formula is C14H30N2. The molecule has 1 unspecified atom stereocenters. The highest BCUT2D eigenvalue weighted by atomic mass is 15.1. The van der Waals surface area contributed by atoms with Gasteiger partial charge in [0.1, 0.15) is 0 Å². The summed E-state index contributed by atoms with van der Waals surface area (Å²) in [6.45, 7) is 10.7. The van der Waals surface area contributed by atoms with E-state index in [0.29, 0.717) is 0 Å². The van der Waals surface area contributed by atoms with Crippen molar-refractivity contribution in [3.63, 3.8) is 0 Å². The van der Waals surface area contributed by atoms with Crippen molar-refractivity contribution in [3.8, 4) is 0 Å². The molecule has 16 heavy (non-hydrogen) atoms. The van der Waals surface area contributed by atoms with Crippen LogP contribution < -0.4 is 5.32 Å². The quantitative estimate of drug-likeness (QED) is 0.576. The minimum absolute atomic E-state index is 0.765. The highest BCUT2D eigenvalue weighted by Crippen LogP contribution is 2.18. The summed E-state index contributed by atoms with van der Waals surface area (Å²) in [6, 6.07) is 1.64. The molecule has 0 heterocycles. The summed E-state index contributed by atoms with van der Waals surface area (Å²) < 4.78 is 0. The van der Waals surface area contributed by atoms with Gasteiger partial charge in [0.05, 0.1) is 0 Å². The Morgan fingerprint density at radius 3 is 2.31 bits per heavy atom. The number of nitrogens with zero attached hydrogens (tertiary/aromatic N) is 1. The van der Waals surface area contributed by atoms with E-state index in [1.807, 2.05) is 0 Å². The number of nitrogens with one attached hydrogen (secondary N) is 1. The van der Waals surface area contributed by atoms with Crippen LogP contribution in [0.15, 0.2) is 0 Å². The summed E-state index contributed by atoms with van der Waals surface area (Å²) in [7, 11) is 0. The van der Waals surface area contributed by atoms with Gasteiger partial charge in [-0.05, 0) is 65.1 Å². The molecule has 0 amide bonds.